The average molecular weight is 519 g/mol. The second-order valence-corrected chi connectivity index (χ2v) is 10.7. The lowest BCUT2D eigenvalue weighted by molar-refractivity contribution is -0.139. The lowest BCUT2D eigenvalue weighted by Crippen LogP contribution is -2.55. The van der Waals surface area contributed by atoms with Crippen LogP contribution >= 0.6 is 0 Å². The van der Waals surface area contributed by atoms with Crippen molar-refractivity contribution < 1.29 is 18.7 Å². The molecular weight excluding hydrogens is 480 g/mol. The minimum Gasteiger partial charge on any atom is -0.480 e. The third kappa shape index (κ3) is 5.60. The summed E-state index contributed by atoms with van der Waals surface area (Å²) >= 11 is 0. The smallest absolute Gasteiger partial charge is 0.227 e. The standard InChI is InChI=1S/C30H38N4O4/c1-3-22(35)10-5-4-6-12-25(33-29(36)30-13-16-34(17-14-30)18-15-30)28-31-20-26(38-28)23-19-21-9-7-8-11-24(21)32-27(23)37-2/h7-9,11,19-20,25H,3-6,10,12-18H2,1-2H3,(H,33,36)/t25-/m0/s1. The fourth-order valence-corrected chi connectivity index (χ4v) is 5.76. The zero-order valence-corrected chi connectivity index (χ0v) is 22.5. The molecule has 1 N–H and O–H groups in total. The minimum atomic E-state index is -0.327. The van der Waals surface area contributed by atoms with E-state index in [9.17, 15) is 9.59 Å². The van der Waals surface area contributed by atoms with Gasteiger partial charge in [-0.3, -0.25) is 9.59 Å². The van der Waals surface area contributed by atoms with Crippen molar-refractivity contribution in [3.8, 4) is 17.2 Å². The number of carbonyl (C=O) groups is 2. The van der Waals surface area contributed by atoms with Gasteiger partial charge in [0, 0.05) is 18.2 Å². The number of amides is 1. The summed E-state index contributed by atoms with van der Waals surface area (Å²) in [5.41, 5.74) is 1.28. The summed E-state index contributed by atoms with van der Waals surface area (Å²) < 4.78 is 11.9. The van der Waals surface area contributed by atoms with Gasteiger partial charge in [0.1, 0.15) is 11.8 Å². The number of benzene rings is 1. The molecule has 1 amide bonds. The Labute approximate surface area is 224 Å². The van der Waals surface area contributed by atoms with E-state index in [0.717, 1.165) is 74.6 Å². The number of hydrogen-bond donors (Lipinski definition) is 1. The maximum atomic E-state index is 13.6. The summed E-state index contributed by atoms with van der Waals surface area (Å²) in [6, 6.07) is 9.54. The highest BCUT2D eigenvalue weighted by molar-refractivity contribution is 5.85. The first-order valence-electron chi connectivity index (χ1n) is 14.0. The number of hydrogen-bond acceptors (Lipinski definition) is 7. The van der Waals surface area contributed by atoms with Crippen LogP contribution in [0.25, 0.3) is 22.2 Å². The van der Waals surface area contributed by atoms with Crippen molar-refractivity contribution in [1.82, 2.24) is 20.2 Å². The number of rotatable bonds is 12. The normalized spacial score (nSPS) is 21.4. The number of nitrogens with zero attached hydrogens (tertiary/aromatic N) is 3. The second kappa shape index (κ2) is 11.6. The number of piperidine rings is 3. The lowest BCUT2D eigenvalue weighted by atomic mass is 9.71. The molecule has 3 aliphatic rings. The van der Waals surface area contributed by atoms with Crippen LogP contribution in [0.2, 0.25) is 0 Å². The molecule has 8 heteroatoms. The van der Waals surface area contributed by atoms with E-state index in [-0.39, 0.29) is 17.4 Å². The second-order valence-electron chi connectivity index (χ2n) is 10.7. The Morgan fingerprint density at radius 1 is 1.13 bits per heavy atom. The molecule has 38 heavy (non-hydrogen) atoms. The predicted molar refractivity (Wildman–Crippen MR) is 146 cm³/mol. The summed E-state index contributed by atoms with van der Waals surface area (Å²) in [4.78, 5) is 37.0. The van der Waals surface area contributed by atoms with Crippen molar-refractivity contribution in [1.29, 1.82) is 0 Å². The van der Waals surface area contributed by atoms with Gasteiger partial charge in [-0.05, 0) is 63.9 Å². The average Bonchev–Trinajstić information content (AvgIpc) is 3.46. The van der Waals surface area contributed by atoms with Crippen LogP contribution in [0.5, 0.6) is 5.88 Å². The predicted octanol–water partition coefficient (Wildman–Crippen LogP) is 5.47. The molecule has 2 aromatic heterocycles. The first-order valence-corrected chi connectivity index (χ1v) is 14.0. The van der Waals surface area contributed by atoms with Crippen molar-refractivity contribution in [3.63, 3.8) is 0 Å². The molecule has 0 unspecified atom stereocenters. The Morgan fingerprint density at radius 2 is 1.89 bits per heavy atom. The fraction of sp³-hybridized carbons (Fsp3) is 0.533. The maximum absolute atomic E-state index is 13.6. The van der Waals surface area contributed by atoms with Crippen LogP contribution in [0.4, 0.5) is 0 Å². The largest absolute Gasteiger partial charge is 0.480 e. The Balaban J connectivity index is 1.36. The zero-order valence-electron chi connectivity index (χ0n) is 22.5. The van der Waals surface area contributed by atoms with Crippen molar-refractivity contribution in [2.75, 3.05) is 26.7 Å². The van der Waals surface area contributed by atoms with E-state index in [2.05, 4.69) is 20.2 Å². The Morgan fingerprint density at radius 3 is 2.63 bits per heavy atom. The number of unbranched alkanes of at least 4 members (excludes halogenated alkanes) is 2. The highest BCUT2D eigenvalue weighted by Gasteiger charge is 2.45. The number of nitrogens with one attached hydrogen (secondary N) is 1. The molecule has 2 bridgehead atoms. The van der Waals surface area contributed by atoms with E-state index in [0.29, 0.717) is 42.6 Å². The molecule has 8 nitrogen and oxygen atoms in total. The molecule has 6 rings (SSSR count). The van der Waals surface area contributed by atoms with Gasteiger partial charge in [-0.15, -0.1) is 0 Å². The number of Topliss-reactive ketones (excluding diaryl/α,β-unsaturated/α-hetero) is 1. The summed E-state index contributed by atoms with van der Waals surface area (Å²) in [6.45, 7) is 4.87. The van der Waals surface area contributed by atoms with E-state index < -0.39 is 0 Å². The maximum Gasteiger partial charge on any atom is 0.227 e. The number of pyridine rings is 1. The number of ether oxygens (including phenoxy) is 1. The molecule has 5 heterocycles. The van der Waals surface area contributed by atoms with E-state index in [1.165, 1.54) is 0 Å². The fourth-order valence-electron chi connectivity index (χ4n) is 5.76. The van der Waals surface area contributed by atoms with Crippen molar-refractivity contribution in [2.24, 2.45) is 5.41 Å². The number of ketones is 1. The number of fused-ring (bicyclic) bond motifs is 4. The number of methoxy groups -OCH3 is 1. The van der Waals surface area contributed by atoms with Crippen molar-refractivity contribution >= 4 is 22.6 Å². The summed E-state index contributed by atoms with van der Waals surface area (Å²) in [7, 11) is 1.60. The van der Waals surface area contributed by atoms with Gasteiger partial charge in [-0.1, -0.05) is 38.0 Å². The quantitative estimate of drug-likeness (QED) is 0.318. The molecule has 0 radical (unpaired) electrons. The van der Waals surface area contributed by atoms with Gasteiger partial charge in [0.15, 0.2) is 5.76 Å². The van der Waals surface area contributed by atoms with Gasteiger partial charge in [0.2, 0.25) is 17.7 Å². The van der Waals surface area contributed by atoms with E-state index in [1.54, 1.807) is 13.3 Å². The Kier molecular flexibility index (Phi) is 8.07. The Bertz CT molecular complexity index is 1260. The lowest BCUT2D eigenvalue weighted by Gasteiger charge is -2.47. The number of aromatic nitrogens is 2. The van der Waals surface area contributed by atoms with E-state index in [4.69, 9.17) is 9.15 Å². The molecule has 3 saturated heterocycles. The summed E-state index contributed by atoms with van der Waals surface area (Å²) in [5, 5.41) is 4.31. The summed E-state index contributed by atoms with van der Waals surface area (Å²) in [5.74, 6) is 1.95. The van der Waals surface area contributed by atoms with Crippen molar-refractivity contribution in [3.05, 3.63) is 42.4 Å². The van der Waals surface area contributed by atoms with Crippen LogP contribution < -0.4 is 10.1 Å². The molecular formula is C30H38N4O4. The third-order valence-corrected chi connectivity index (χ3v) is 8.32. The molecule has 3 aromatic rings. The molecule has 202 valence electrons. The van der Waals surface area contributed by atoms with Gasteiger partial charge < -0.3 is 19.4 Å². The molecule has 0 aliphatic carbocycles. The van der Waals surface area contributed by atoms with E-state index >= 15 is 0 Å². The van der Waals surface area contributed by atoms with Crippen LogP contribution in [-0.4, -0.2) is 53.3 Å². The number of para-hydroxylation sites is 1. The van der Waals surface area contributed by atoms with Gasteiger partial charge in [-0.2, -0.15) is 0 Å². The molecule has 0 spiro atoms. The monoisotopic (exact) mass is 518 g/mol. The van der Waals surface area contributed by atoms with Gasteiger partial charge in [-0.25, -0.2) is 9.97 Å². The van der Waals surface area contributed by atoms with Gasteiger partial charge in [0.25, 0.3) is 0 Å². The third-order valence-electron chi connectivity index (χ3n) is 8.32. The molecule has 3 fully saturated rings. The minimum absolute atomic E-state index is 0.118. The van der Waals surface area contributed by atoms with Crippen LogP contribution in [0.15, 0.2) is 40.9 Å². The molecule has 3 aliphatic heterocycles. The summed E-state index contributed by atoms with van der Waals surface area (Å²) in [6.07, 6.45) is 8.99. The van der Waals surface area contributed by atoms with Gasteiger partial charge in [0.05, 0.1) is 29.8 Å². The number of carbonyl (C=O) groups excluding carboxylic acids is 2. The van der Waals surface area contributed by atoms with Crippen LogP contribution in [0.3, 0.4) is 0 Å². The van der Waals surface area contributed by atoms with Crippen molar-refractivity contribution in [2.45, 2.75) is 70.8 Å². The SMILES string of the molecule is CCC(=O)CCCCC[C@H](NC(=O)C12CCN(CC1)CC2)c1ncc(-c2cc3ccccc3nc2OC)o1. The van der Waals surface area contributed by atoms with Gasteiger partial charge >= 0.3 is 0 Å². The van der Waals surface area contributed by atoms with Crippen LogP contribution in [-0.2, 0) is 9.59 Å². The number of oxazole rings is 1. The Hall–Kier alpha value is -3.26. The molecule has 1 aromatic carbocycles. The van der Waals surface area contributed by atoms with Crippen LogP contribution in [0, 0.1) is 5.41 Å². The van der Waals surface area contributed by atoms with E-state index in [1.807, 2.05) is 37.3 Å². The van der Waals surface area contributed by atoms with Crippen LogP contribution in [0.1, 0.15) is 76.6 Å². The first-order chi connectivity index (χ1) is 18.5. The zero-order chi connectivity index (χ0) is 26.5. The molecule has 1 atom stereocenters. The molecule has 0 saturated carbocycles. The highest BCUT2D eigenvalue weighted by Crippen LogP contribution is 2.41. The first kappa shape index (κ1) is 26.4. The topological polar surface area (TPSA) is 97.6 Å². The highest BCUT2D eigenvalue weighted by atomic mass is 16.5.